The van der Waals surface area contributed by atoms with E-state index in [2.05, 4.69) is 0 Å². The highest BCUT2D eigenvalue weighted by Crippen LogP contribution is 2.22. The van der Waals surface area contributed by atoms with Crippen LogP contribution in [0.25, 0.3) is 0 Å². The molecule has 0 saturated carbocycles. The second-order valence-electron chi connectivity index (χ2n) is 7.29. The van der Waals surface area contributed by atoms with Crippen LogP contribution in [-0.4, -0.2) is 58.9 Å². The lowest BCUT2D eigenvalue weighted by atomic mass is 9.97. The Morgan fingerprint density at radius 3 is 2.81 bits per heavy atom. The fraction of sp³-hybridized carbons (Fsp3) is 0.550. The van der Waals surface area contributed by atoms with Gasteiger partial charge in [0.25, 0.3) is 0 Å². The molecule has 0 radical (unpaired) electrons. The van der Waals surface area contributed by atoms with E-state index in [0.29, 0.717) is 37.4 Å². The monoisotopic (exact) mass is 358 g/mol. The molecule has 0 unspecified atom stereocenters. The first kappa shape index (κ1) is 18.4. The third kappa shape index (κ3) is 4.62. The number of hydrogen-bond donors (Lipinski definition) is 1. The SMILES string of the molecule is O=C(O)c1cccc(C[C@@H]2CCN(C(=O)CCN3CCCCC3=O)C2)c1. The molecule has 1 N–H and O–H groups in total. The molecule has 1 aromatic carbocycles. The number of nitrogens with zero attached hydrogens (tertiary/aromatic N) is 2. The van der Waals surface area contributed by atoms with E-state index in [1.165, 1.54) is 0 Å². The van der Waals surface area contributed by atoms with Crippen LogP contribution >= 0.6 is 0 Å². The van der Waals surface area contributed by atoms with Gasteiger partial charge in [-0.15, -0.1) is 0 Å². The minimum Gasteiger partial charge on any atom is -0.478 e. The van der Waals surface area contributed by atoms with Crippen LogP contribution in [0.15, 0.2) is 24.3 Å². The molecule has 0 aromatic heterocycles. The van der Waals surface area contributed by atoms with E-state index in [1.54, 1.807) is 18.2 Å². The summed E-state index contributed by atoms with van der Waals surface area (Å²) in [5.41, 5.74) is 1.31. The van der Waals surface area contributed by atoms with Crippen LogP contribution in [0.5, 0.6) is 0 Å². The molecule has 2 aliphatic heterocycles. The zero-order valence-electron chi connectivity index (χ0n) is 15.0. The van der Waals surface area contributed by atoms with E-state index in [4.69, 9.17) is 5.11 Å². The number of rotatable bonds is 6. The fourth-order valence-corrected chi connectivity index (χ4v) is 3.88. The zero-order chi connectivity index (χ0) is 18.5. The first-order valence-electron chi connectivity index (χ1n) is 9.40. The summed E-state index contributed by atoms with van der Waals surface area (Å²) < 4.78 is 0. The highest BCUT2D eigenvalue weighted by atomic mass is 16.4. The Labute approximate surface area is 153 Å². The lowest BCUT2D eigenvalue weighted by Crippen LogP contribution is -2.39. The van der Waals surface area contributed by atoms with Gasteiger partial charge >= 0.3 is 5.97 Å². The van der Waals surface area contributed by atoms with Gasteiger partial charge in [-0.3, -0.25) is 9.59 Å². The summed E-state index contributed by atoms with van der Waals surface area (Å²) >= 11 is 0. The van der Waals surface area contributed by atoms with Gasteiger partial charge in [0.15, 0.2) is 0 Å². The van der Waals surface area contributed by atoms with Gasteiger partial charge in [-0.05, 0) is 49.3 Å². The number of hydrogen-bond acceptors (Lipinski definition) is 3. The molecule has 2 aliphatic rings. The number of likely N-dealkylation sites (tertiary alicyclic amines) is 2. The molecule has 0 aliphatic carbocycles. The van der Waals surface area contributed by atoms with Crippen molar-refractivity contribution in [2.45, 2.75) is 38.5 Å². The Morgan fingerprint density at radius 2 is 2.04 bits per heavy atom. The molecule has 2 saturated heterocycles. The van der Waals surface area contributed by atoms with Gasteiger partial charge in [0.1, 0.15) is 0 Å². The van der Waals surface area contributed by atoms with E-state index in [0.717, 1.165) is 44.3 Å². The van der Waals surface area contributed by atoms with Crippen molar-refractivity contribution in [3.63, 3.8) is 0 Å². The number of carbonyl (C=O) groups excluding carboxylic acids is 2. The Balaban J connectivity index is 1.47. The number of carboxylic acids is 1. The van der Waals surface area contributed by atoms with Crippen LogP contribution < -0.4 is 0 Å². The molecule has 0 spiro atoms. The summed E-state index contributed by atoms with van der Waals surface area (Å²) in [4.78, 5) is 39.0. The quantitative estimate of drug-likeness (QED) is 0.845. The molecule has 1 atom stereocenters. The van der Waals surface area contributed by atoms with Gasteiger partial charge in [0.05, 0.1) is 5.56 Å². The van der Waals surface area contributed by atoms with E-state index in [1.807, 2.05) is 15.9 Å². The molecule has 26 heavy (non-hydrogen) atoms. The molecule has 2 amide bonds. The molecule has 0 bridgehead atoms. The van der Waals surface area contributed by atoms with Crippen molar-refractivity contribution in [2.75, 3.05) is 26.2 Å². The normalized spacial score (nSPS) is 20.5. The van der Waals surface area contributed by atoms with Crippen molar-refractivity contribution in [3.05, 3.63) is 35.4 Å². The molecule has 140 valence electrons. The fourth-order valence-electron chi connectivity index (χ4n) is 3.88. The van der Waals surface area contributed by atoms with Gasteiger partial charge in [-0.25, -0.2) is 4.79 Å². The van der Waals surface area contributed by atoms with Gasteiger partial charge < -0.3 is 14.9 Å². The van der Waals surface area contributed by atoms with Crippen molar-refractivity contribution >= 4 is 17.8 Å². The Kier molecular flexibility index (Phi) is 5.91. The van der Waals surface area contributed by atoms with Crippen LogP contribution in [0, 0.1) is 5.92 Å². The van der Waals surface area contributed by atoms with E-state index in [9.17, 15) is 14.4 Å². The second kappa shape index (κ2) is 8.34. The van der Waals surface area contributed by atoms with Crippen molar-refractivity contribution in [1.82, 2.24) is 9.80 Å². The Hall–Kier alpha value is -2.37. The molecule has 1 aromatic rings. The van der Waals surface area contributed by atoms with Crippen LogP contribution in [0.2, 0.25) is 0 Å². The molecular formula is C20H26N2O4. The number of aromatic carboxylic acids is 1. The second-order valence-corrected chi connectivity index (χ2v) is 7.29. The minimum absolute atomic E-state index is 0.116. The molecule has 6 heteroatoms. The lowest BCUT2D eigenvalue weighted by Gasteiger charge is -2.27. The first-order chi connectivity index (χ1) is 12.5. The summed E-state index contributed by atoms with van der Waals surface area (Å²) in [5.74, 6) is -0.270. The number of carbonyl (C=O) groups is 3. The summed E-state index contributed by atoms with van der Waals surface area (Å²) in [6.45, 7) is 2.76. The Morgan fingerprint density at radius 1 is 1.19 bits per heavy atom. The average molecular weight is 358 g/mol. The molecule has 6 nitrogen and oxygen atoms in total. The minimum atomic E-state index is -0.915. The predicted molar refractivity (Wildman–Crippen MR) is 96.8 cm³/mol. The van der Waals surface area contributed by atoms with Crippen LogP contribution in [0.1, 0.15) is 48.0 Å². The van der Waals surface area contributed by atoms with Crippen LogP contribution in [0.3, 0.4) is 0 Å². The summed E-state index contributed by atoms with van der Waals surface area (Å²) in [7, 11) is 0. The first-order valence-corrected chi connectivity index (χ1v) is 9.40. The van der Waals surface area contributed by atoms with Gasteiger partial charge in [0, 0.05) is 39.0 Å². The number of benzene rings is 1. The van der Waals surface area contributed by atoms with Gasteiger partial charge in [-0.1, -0.05) is 12.1 Å². The topological polar surface area (TPSA) is 77.9 Å². The van der Waals surface area contributed by atoms with Crippen molar-refractivity contribution in [2.24, 2.45) is 5.92 Å². The maximum absolute atomic E-state index is 12.4. The molecule has 2 heterocycles. The smallest absolute Gasteiger partial charge is 0.335 e. The maximum Gasteiger partial charge on any atom is 0.335 e. The molecular weight excluding hydrogens is 332 g/mol. The van der Waals surface area contributed by atoms with Crippen LogP contribution in [-0.2, 0) is 16.0 Å². The third-order valence-corrected chi connectivity index (χ3v) is 5.35. The van der Waals surface area contributed by atoms with Crippen molar-refractivity contribution < 1.29 is 19.5 Å². The highest BCUT2D eigenvalue weighted by molar-refractivity contribution is 5.87. The predicted octanol–water partition coefficient (Wildman–Crippen LogP) is 2.18. The van der Waals surface area contributed by atoms with Gasteiger partial charge in [0.2, 0.25) is 11.8 Å². The zero-order valence-corrected chi connectivity index (χ0v) is 15.0. The highest BCUT2D eigenvalue weighted by Gasteiger charge is 2.27. The molecule has 3 rings (SSSR count). The van der Waals surface area contributed by atoms with Crippen LogP contribution in [0.4, 0.5) is 0 Å². The van der Waals surface area contributed by atoms with E-state index < -0.39 is 5.97 Å². The summed E-state index contributed by atoms with van der Waals surface area (Å²) in [5, 5.41) is 9.09. The van der Waals surface area contributed by atoms with E-state index in [-0.39, 0.29) is 11.8 Å². The summed E-state index contributed by atoms with van der Waals surface area (Å²) in [6.07, 6.45) is 4.71. The lowest BCUT2D eigenvalue weighted by molar-refractivity contribution is -0.135. The van der Waals surface area contributed by atoms with Crippen molar-refractivity contribution in [1.29, 1.82) is 0 Å². The molecule has 2 fully saturated rings. The largest absolute Gasteiger partial charge is 0.478 e. The maximum atomic E-state index is 12.4. The Bertz CT molecular complexity index is 688. The average Bonchev–Trinajstić information content (AvgIpc) is 3.09. The van der Waals surface area contributed by atoms with Crippen molar-refractivity contribution in [3.8, 4) is 0 Å². The van der Waals surface area contributed by atoms with Gasteiger partial charge in [-0.2, -0.15) is 0 Å². The number of carboxylic acid groups (broad SMARTS) is 1. The standard InChI is InChI=1S/C20H26N2O4/c23-18-6-1-2-9-21(18)11-8-19(24)22-10-7-16(14-22)12-15-4-3-5-17(13-15)20(25)26/h3-5,13,16H,1-2,6-12,14H2,(H,25,26)/t16-/m0/s1. The third-order valence-electron chi connectivity index (χ3n) is 5.35. The van der Waals surface area contributed by atoms with E-state index >= 15 is 0 Å². The number of amides is 2. The number of piperidine rings is 1. The summed E-state index contributed by atoms with van der Waals surface area (Å²) in [6, 6.07) is 7.03.